The Hall–Kier alpha value is -1.63. The van der Waals surface area contributed by atoms with Gasteiger partial charge in [-0.1, -0.05) is 62.1 Å². The first kappa shape index (κ1) is 12.4. The number of ketones is 1. The molecule has 19 heavy (non-hydrogen) atoms. The Balaban J connectivity index is 1.88. The third-order valence-electron chi connectivity index (χ3n) is 4.26. The zero-order chi connectivity index (χ0) is 13.1. The van der Waals surface area contributed by atoms with Gasteiger partial charge in [-0.2, -0.15) is 0 Å². The van der Waals surface area contributed by atoms with E-state index in [0.717, 1.165) is 18.4 Å². The molecule has 0 amide bonds. The molecule has 1 heteroatoms. The Morgan fingerprint density at radius 2 is 1.53 bits per heavy atom. The molecule has 0 heterocycles. The molecule has 0 spiro atoms. The van der Waals surface area contributed by atoms with Crippen LogP contribution in [0.2, 0.25) is 0 Å². The van der Waals surface area contributed by atoms with Crippen molar-refractivity contribution in [2.45, 2.75) is 38.5 Å². The summed E-state index contributed by atoms with van der Waals surface area (Å²) in [6, 6.07) is 14.4. The Bertz CT molecular complexity index is 577. The van der Waals surface area contributed by atoms with Gasteiger partial charge in [0.2, 0.25) is 0 Å². The van der Waals surface area contributed by atoms with Gasteiger partial charge >= 0.3 is 0 Å². The van der Waals surface area contributed by atoms with Crippen molar-refractivity contribution in [2.75, 3.05) is 0 Å². The molecule has 1 aliphatic carbocycles. The average molecular weight is 252 g/mol. The molecule has 0 saturated heterocycles. The van der Waals surface area contributed by atoms with Crippen LogP contribution < -0.4 is 0 Å². The number of fused-ring (bicyclic) bond motifs is 1. The summed E-state index contributed by atoms with van der Waals surface area (Å²) in [5, 5.41) is 2.38. The number of hydrogen-bond acceptors (Lipinski definition) is 1. The van der Waals surface area contributed by atoms with Crippen molar-refractivity contribution in [1.82, 2.24) is 0 Å². The minimum absolute atomic E-state index is 0.253. The van der Waals surface area contributed by atoms with E-state index in [0.29, 0.717) is 5.78 Å². The molecule has 3 rings (SSSR count). The van der Waals surface area contributed by atoms with E-state index in [9.17, 15) is 4.79 Å². The topological polar surface area (TPSA) is 17.1 Å². The van der Waals surface area contributed by atoms with Gasteiger partial charge in [-0.3, -0.25) is 4.79 Å². The molecule has 0 radical (unpaired) electrons. The van der Waals surface area contributed by atoms with E-state index < -0.39 is 0 Å². The lowest BCUT2D eigenvalue weighted by molar-refractivity contribution is 0.0908. The zero-order valence-electron chi connectivity index (χ0n) is 11.3. The summed E-state index contributed by atoms with van der Waals surface area (Å²) in [5.74, 6) is 0.608. The van der Waals surface area contributed by atoms with Crippen LogP contribution in [0.4, 0.5) is 0 Å². The van der Waals surface area contributed by atoms with Crippen LogP contribution in [-0.2, 0) is 0 Å². The highest BCUT2D eigenvalue weighted by Gasteiger charge is 2.21. The van der Waals surface area contributed by atoms with Crippen LogP contribution in [-0.4, -0.2) is 5.78 Å². The maximum atomic E-state index is 12.6. The van der Waals surface area contributed by atoms with Crippen LogP contribution in [0.1, 0.15) is 48.9 Å². The second kappa shape index (κ2) is 5.56. The molecular formula is C18H20O. The van der Waals surface area contributed by atoms with Gasteiger partial charge in [0.15, 0.2) is 5.78 Å². The number of carbonyl (C=O) groups is 1. The van der Waals surface area contributed by atoms with E-state index >= 15 is 0 Å². The lowest BCUT2D eigenvalue weighted by Gasteiger charge is -2.13. The third kappa shape index (κ3) is 2.70. The van der Waals surface area contributed by atoms with Gasteiger partial charge in [-0.15, -0.1) is 0 Å². The number of carbonyl (C=O) groups excluding carboxylic acids is 1. The molecule has 0 bridgehead atoms. The van der Waals surface area contributed by atoms with Crippen molar-refractivity contribution >= 4 is 16.6 Å². The van der Waals surface area contributed by atoms with E-state index in [4.69, 9.17) is 0 Å². The minimum atomic E-state index is 0.253. The Labute approximate surface area is 114 Å². The van der Waals surface area contributed by atoms with E-state index in [1.807, 2.05) is 18.2 Å². The second-order valence-electron chi connectivity index (χ2n) is 5.61. The molecule has 1 fully saturated rings. The highest BCUT2D eigenvalue weighted by Crippen LogP contribution is 2.27. The molecule has 1 nitrogen and oxygen atoms in total. The normalized spacial score (nSPS) is 17.3. The molecule has 98 valence electrons. The predicted octanol–water partition coefficient (Wildman–Crippen LogP) is 4.99. The van der Waals surface area contributed by atoms with Crippen LogP contribution in [0.3, 0.4) is 0 Å². The second-order valence-corrected chi connectivity index (χ2v) is 5.61. The molecule has 0 aliphatic heterocycles. The van der Waals surface area contributed by atoms with Crippen LogP contribution in [0.5, 0.6) is 0 Å². The minimum Gasteiger partial charge on any atom is -0.294 e. The van der Waals surface area contributed by atoms with Crippen molar-refractivity contribution in [2.24, 2.45) is 5.92 Å². The fourth-order valence-corrected chi connectivity index (χ4v) is 3.12. The third-order valence-corrected chi connectivity index (χ3v) is 4.26. The van der Waals surface area contributed by atoms with E-state index in [2.05, 4.69) is 24.3 Å². The van der Waals surface area contributed by atoms with E-state index in [1.54, 1.807) is 0 Å². The van der Waals surface area contributed by atoms with E-state index in [1.165, 1.54) is 36.5 Å². The highest BCUT2D eigenvalue weighted by atomic mass is 16.1. The van der Waals surface area contributed by atoms with Gasteiger partial charge in [0.1, 0.15) is 0 Å². The van der Waals surface area contributed by atoms with E-state index in [-0.39, 0.29) is 5.92 Å². The van der Waals surface area contributed by atoms with Gasteiger partial charge < -0.3 is 0 Å². The molecule has 1 aliphatic rings. The van der Waals surface area contributed by atoms with Crippen LogP contribution >= 0.6 is 0 Å². The summed E-state index contributed by atoms with van der Waals surface area (Å²) >= 11 is 0. The van der Waals surface area contributed by atoms with Crippen molar-refractivity contribution in [3.63, 3.8) is 0 Å². The van der Waals surface area contributed by atoms with Crippen molar-refractivity contribution < 1.29 is 4.79 Å². The molecule has 0 N–H and O–H groups in total. The van der Waals surface area contributed by atoms with Gasteiger partial charge in [0.25, 0.3) is 0 Å². The van der Waals surface area contributed by atoms with Crippen LogP contribution in [0.25, 0.3) is 10.8 Å². The quantitative estimate of drug-likeness (QED) is 0.543. The van der Waals surface area contributed by atoms with Crippen molar-refractivity contribution in [3.8, 4) is 0 Å². The SMILES string of the molecule is O=C(c1ccc2ccccc2c1)C1CCCCCC1. The molecule has 0 unspecified atom stereocenters. The number of Topliss-reactive ketones (excluding diaryl/α,β-unsaturated/α-hetero) is 1. The summed E-state index contributed by atoms with van der Waals surface area (Å²) in [5.41, 5.74) is 0.894. The monoisotopic (exact) mass is 252 g/mol. The van der Waals surface area contributed by atoms with Crippen molar-refractivity contribution in [1.29, 1.82) is 0 Å². The largest absolute Gasteiger partial charge is 0.294 e. The number of rotatable bonds is 2. The van der Waals surface area contributed by atoms with Gasteiger partial charge in [-0.25, -0.2) is 0 Å². The molecule has 2 aromatic carbocycles. The molecule has 2 aromatic rings. The van der Waals surface area contributed by atoms with Crippen LogP contribution in [0.15, 0.2) is 42.5 Å². The lowest BCUT2D eigenvalue weighted by Crippen LogP contribution is -2.13. The van der Waals surface area contributed by atoms with Crippen molar-refractivity contribution in [3.05, 3.63) is 48.0 Å². The average Bonchev–Trinajstić information content (AvgIpc) is 2.75. The maximum absolute atomic E-state index is 12.6. The lowest BCUT2D eigenvalue weighted by atomic mass is 9.90. The fraction of sp³-hybridized carbons (Fsp3) is 0.389. The van der Waals surface area contributed by atoms with Gasteiger partial charge in [0.05, 0.1) is 0 Å². The standard InChI is InChI=1S/C18H20O/c19-18(15-8-3-1-2-4-9-15)17-12-11-14-7-5-6-10-16(14)13-17/h5-7,10-13,15H,1-4,8-9H2. The first-order valence-electron chi connectivity index (χ1n) is 7.37. The molecular weight excluding hydrogens is 232 g/mol. The summed E-state index contributed by atoms with van der Waals surface area (Å²) in [6.45, 7) is 0. The Morgan fingerprint density at radius 1 is 0.842 bits per heavy atom. The predicted molar refractivity (Wildman–Crippen MR) is 79.5 cm³/mol. The Morgan fingerprint density at radius 3 is 2.26 bits per heavy atom. The van der Waals surface area contributed by atoms with Gasteiger partial charge in [0, 0.05) is 11.5 Å². The molecule has 0 aromatic heterocycles. The number of benzene rings is 2. The van der Waals surface area contributed by atoms with Gasteiger partial charge in [-0.05, 0) is 29.7 Å². The highest BCUT2D eigenvalue weighted by molar-refractivity contribution is 6.01. The summed E-state index contributed by atoms with van der Waals surface area (Å²) < 4.78 is 0. The smallest absolute Gasteiger partial charge is 0.165 e. The first-order valence-corrected chi connectivity index (χ1v) is 7.37. The number of hydrogen-bond donors (Lipinski definition) is 0. The molecule has 0 atom stereocenters. The summed E-state index contributed by atoms with van der Waals surface area (Å²) in [6.07, 6.45) is 7.16. The fourth-order valence-electron chi connectivity index (χ4n) is 3.12. The van der Waals surface area contributed by atoms with Crippen LogP contribution in [0, 0.1) is 5.92 Å². The Kier molecular flexibility index (Phi) is 3.63. The zero-order valence-corrected chi connectivity index (χ0v) is 11.3. The summed E-state index contributed by atoms with van der Waals surface area (Å²) in [7, 11) is 0. The maximum Gasteiger partial charge on any atom is 0.165 e. The molecule has 1 saturated carbocycles. The summed E-state index contributed by atoms with van der Waals surface area (Å²) in [4.78, 5) is 12.6. The first-order chi connectivity index (χ1) is 9.34.